The number of hydrogen-bond acceptors (Lipinski definition) is 3. The van der Waals surface area contributed by atoms with E-state index in [4.69, 9.17) is 4.74 Å². The minimum absolute atomic E-state index is 0.667. The third-order valence-electron chi connectivity index (χ3n) is 4.05. The molecule has 0 radical (unpaired) electrons. The van der Waals surface area contributed by atoms with Crippen LogP contribution in [-0.4, -0.2) is 37.2 Å². The monoisotopic (exact) mass is 290 g/mol. The van der Waals surface area contributed by atoms with E-state index in [9.17, 15) is 0 Å². The Balaban J connectivity index is 1.92. The molecule has 3 nitrogen and oxygen atoms in total. The van der Waals surface area contributed by atoms with Crippen LogP contribution in [0.3, 0.4) is 0 Å². The second-order valence-corrected chi connectivity index (χ2v) is 5.96. The molecule has 1 N–H and O–H groups in total. The van der Waals surface area contributed by atoms with Crippen LogP contribution in [0.5, 0.6) is 5.75 Å². The van der Waals surface area contributed by atoms with E-state index in [2.05, 4.69) is 35.3 Å². The number of piperidine rings is 1. The van der Waals surface area contributed by atoms with E-state index in [0.29, 0.717) is 6.04 Å². The van der Waals surface area contributed by atoms with Crippen LogP contribution < -0.4 is 10.1 Å². The number of nitrogens with zero attached hydrogens (tertiary/aromatic N) is 1. The van der Waals surface area contributed by atoms with Crippen LogP contribution in [0, 0.1) is 0 Å². The van der Waals surface area contributed by atoms with Gasteiger partial charge in [-0.15, -0.1) is 0 Å². The molecule has 0 saturated carbocycles. The molecular weight excluding hydrogens is 260 g/mol. The SMILES string of the molecule is CCCN(Cc1cccc(OCC)c1)CC1CCCCN1. The lowest BCUT2D eigenvalue weighted by molar-refractivity contribution is 0.217. The fourth-order valence-electron chi connectivity index (χ4n) is 3.10. The van der Waals surface area contributed by atoms with Gasteiger partial charge in [-0.25, -0.2) is 0 Å². The predicted molar refractivity (Wildman–Crippen MR) is 88.8 cm³/mol. The Morgan fingerprint density at radius 3 is 2.90 bits per heavy atom. The Bertz CT molecular complexity index is 402. The van der Waals surface area contributed by atoms with E-state index < -0.39 is 0 Å². The molecule has 0 aliphatic carbocycles. The van der Waals surface area contributed by atoms with Crippen LogP contribution in [0.2, 0.25) is 0 Å². The number of rotatable bonds is 8. The molecule has 1 heterocycles. The molecule has 118 valence electrons. The van der Waals surface area contributed by atoms with Crippen molar-refractivity contribution in [3.8, 4) is 5.75 Å². The maximum Gasteiger partial charge on any atom is 0.119 e. The third-order valence-corrected chi connectivity index (χ3v) is 4.05. The fraction of sp³-hybridized carbons (Fsp3) is 0.667. The van der Waals surface area contributed by atoms with Crippen molar-refractivity contribution < 1.29 is 4.74 Å². The van der Waals surface area contributed by atoms with Gasteiger partial charge < -0.3 is 10.1 Å². The summed E-state index contributed by atoms with van der Waals surface area (Å²) in [4.78, 5) is 2.58. The molecule has 0 aromatic heterocycles. The summed E-state index contributed by atoms with van der Waals surface area (Å²) in [6.07, 6.45) is 5.23. The lowest BCUT2D eigenvalue weighted by Gasteiger charge is -2.30. The molecule has 3 heteroatoms. The number of hydrogen-bond donors (Lipinski definition) is 1. The zero-order valence-corrected chi connectivity index (χ0v) is 13.6. The molecule has 1 aromatic rings. The standard InChI is InChI=1S/C18H30N2O/c1-3-12-20(15-17-9-5-6-11-19-17)14-16-8-7-10-18(13-16)21-4-2/h7-8,10,13,17,19H,3-6,9,11-12,14-15H2,1-2H3. The van der Waals surface area contributed by atoms with Gasteiger partial charge in [-0.2, -0.15) is 0 Å². The minimum atomic E-state index is 0.667. The van der Waals surface area contributed by atoms with Crippen LogP contribution in [0.4, 0.5) is 0 Å². The molecule has 1 aliphatic heterocycles. The molecule has 1 atom stereocenters. The molecule has 0 amide bonds. The first-order valence-electron chi connectivity index (χ1n) is 8.49. The van der Waals surface area contributed by atoms with Crippen molar-refractivity contribution >= 4 is 0 Å². The molecule has 0 bridgehead atoms. The third kappa shape index (κ3) is 5.68. The summed E-state index contributed by atoms with van der Waals surface area (Å²) in [5.41, 5.74) is 1.35. The van der Waals surface area contributed by atoms with Crippen LogP contribution in [0.1, 0.15) is 45.1 Å². The zero-order valence-electron chi connectivity index (χ0n) is 13.6. The highest BCUT2D eigenvalue weighted by Gasteiger charge is 2.16. The van der Waals surface area contributed by atoms with E-state index >= 15 is 0 Å². The molecule has 1 saturated heterocycles. The highest BCUT2D eigenvalue weighted by atomic mass is 16.5. The lowest BCUT2D eigenvalue weighted by Crippen LogP contribution is -2.43. The van der Waals surface area contributed by atoms with Gasteiger partial charge in [0.1, 0.15) is 5.75 Å². The molecule has 1 aliphatic rings. The summed E-state index contributed by atoms with van der Waals surface area (Å²) in [7, 11) is 0. The van der Waals surface area contributed by atoms with Crippen molar-refractivity contribution in [1.82, 2.24) is 10.2 Å². The summed E-state index contributed by atoms with van der Waals surface area (Å²) in [6, 6.07) is 9.20. The van der Waals surface area contributed by atoms with Crippen molar-refractivity contribution in [2.45, 2.75) is 52.1 Å². The van der Waals surface area contributed by atoms with E-state index in [0.717, 1.165) is 32.0 Å². The maximum absolute atomic E-state index is 5.61. The Kier molecular flexibility index (Phi) is 7.04. The van der Waals surface area contributed by atoms with Crippen molar-refractivity contribution in [2.75, 3.05) is 26.2 Å². The zero-order chi connectivity index (χ0) is 14.9. The van der Waals surface area contributed by atoms with Gasteiger partial charge in [0.25, 0.3) is 0 Å². The van der Waals surface area contributed by atoms with Crippen molar-refractivity contribution in [1.29, 1.82) is 0 Å². The summed E-state index contributed by atoms with van der Waals surface area (Å²) in [6.45, 7) is 9.55. The first kappa shape index (κ1) is 16.3. The van der Waals surface area contributed by atoms with E-state index in [1.165, 1.54) is 37.8 Å². The first-order chi connectivity index (χ1) is 10.3. The summed E-state index contributed by atoms with van der Waals surface area (Å²) in [5.74, 6) is 0.988. The first-order valence-corrected chi connectivity index (χ1v) is 8.49. The number of ether oxygens (including phenoxy) is 1. The average Bonchev–Trinajstić information content (AvgIpc) is 2.49. The van der Waals surface area contributed by atoms with E-state index in [1.807, 2.05) is 13.0 Å². The Morgan fingerprint density at radius 1 is 1.29 bits per heavy atom. The van der Waals surface area contributed by atoms with Gasteiger partial charge in [0.2, 0.25) is 0 Å². The molecule has 2 rings (SSSR count). The van der Waals surface area contributed by atoms with Gasteiger partial charge in [-0.1, -0.05) is 25.5 Å². The average molecular weight is 290 g/mol. The normalized spacial score (nSPS) is 18.9. The quantitative estimate of drug-likeness (QED) is 0.794. The second-order valence-electron chi connectivity index (χ2n) is 5.96. The topological polar surface area (TPSA) is 24.5 Å². The van der Waals surface area contributed by atoms with Gasteiger partial charge in [0.15, 0.2) is 0 Å². The maximum atomic E-state index is 5.61. The summed E-state index contributed by atoms with van der Waals surface area (Å²) in [5, 5.41) is 3.66. The number of nitrogens with one attached hydrogen (secondary N) is 1. The molecule has 1 unspecified atom stereocenters. The molecular formula is C18H30N2O. The Labute approximate surface area is 129 Å². The Morgan fingerprint density at radius 2 is 2.19 bits per heavy atom. The molecule has 0 spiro atoms. The van der Waals surface area contributed by atoms with Crippen LogP contribution in [-0.2, 0) is 6.54 Å². The van der Waals surface area contributed by atoms with Gasteiger partial charge >= 0.3 is 0 Å². The lowest BCUT2D eigenvalue weighted by atomic mass is 10.0. The summed E-state index contributed by atoms with van der Waals surface area (Å²) < 4.78 is 5.61. The van der Waals surface area contributed by atoms with Crippen LogP contribution in [0.25, 0.3) is 0 Å². The van der Waals surface area contributed by atoms with Crippen molar-refractivity contribution in [3.63, 3.8) is 0 Å². The number of benzene rings is 1. The van der Waals surface area contributed by atoms with E-state index in [1.54, 1.807) is 0 Å². The predicted octanol–water partition coefficient (Wildman–Crippen LogP) is 3.44. The van der Waals surface area contributed by atoms with Gasteiger partial charge in [-0.05, 0) is 57.0 Å². The van der Waals surface area contributed by atoms with Crippen LogP contribution in [0.15, 0.2) is 24.3 Å². The van der Waals surface area contributed by atoms with Crippen molar-refractivity contribution in [2.24, 2.45) is 0 Å². The fourth-order valence-corrected chi connectivity index (χ4v) is 3.10. The smallest absolute Gasteiger partial charge is 0.119 e. The molecule has 21 heavy (non-hydrogen) atoms. The van der Waals surface area contributed by atoms with Gasteiger partial charge in [0.05, 0.1) is 6.61 Å². The Hall–Kier alpha value is -1.06. The molecule has 1 aromatic carbocycles. The van der Waals surface area contributed by atoms with Gasteiger partial charge in [0, 0.05) is 19.1 Å². The highest BCUT2D eigenvalue weighted by molar-refractivity contribution is 5.28. The molecule has 1 fully saturated rings. The highest BCUT2D eigenvalue weighted by Crippen LogP contribution is 2.16. The largest absolute Gasteiger partial charge is 0.494 e. The van der Waals surface area contributed by atoms with Crippen LogP contribution >= 0.6 is 0 Å². The van der Waals surface area contributed by atoms with Crippen molar-refractivity contribution in [3.05, 3.63) is 29.8 Å². The van der Waals surface area contributed by atoms with Gasteiger partial charge in [-0.3, -0.25) is 4.90 Å². The summed E-state index contributed by atoms with van der Waals surface area (Å²) >= 11 is 0. The minimum Gasteiger partial charge on any atom is -0.494 e. The van der Waals surface area contributed by atoms with E-state index in [-0.39, 0.29) is 0 Å². The second kappa shape index (κ2) is 9.06.